The van der Waals surface area contributed by atoms with E-state index in [9.17, 15) is 17.9 Å². The fourth-order valence-electron chi connectivity index (χ4n) is 1.67. The fraction of sp³-hybridized carbons (Fsp3) is 0.0714. The minimum absolute atomic E-state index is 0.0351. The minimum atomic E-state index is -2.39. The van der Waals surface area contributed by atoms with Gasteiger partial charge >= 0.3 is 0 Å². The minimum Gasteiger partial charge on any atom is -0.768 e. The number of nitrogens with one attached hydrogen (secondary N) is 1. The Morgan fingerprint density at radius 1 is 1.25 bits per heavy atom. The lowest BCUT2D eigenvalue weighted by molar-refractivity contribution is 0.102. The largest absolute Gasteiger partial charge is 0.768 e. The Morgan fingerprint density at radius 3 is 2.65 bits per heavy atom. The standard InChI is InChI=1S/C14H12FNO3S/c1-9-7-11(5-6-13(9)15)16-14(17)10-3-2-4-12(8-10)20(18)19/h2-8H,1H3,(H,16,17)(H,18,19)/p-1. The average molecular weight is 292 g/mol. The van der Waals surface area contributed by atoms with Crippen LogP contribution in [0.3, 0.4) is 0 Å². The Labute approximate surface area is 117 Å². The highest BCUT2D eigenvalue weighted by Gasteiger charge is 2.08. The van der Waals surface area contributed by atoms with Crippen LogP contribution in [0.2, 0.25) is 0 Å². The fourth-order valence-corrected chi connectivity index (χ4v) is 2.08. The van der Waals surface area contributed by atoms with Crippen molar-refractivity contribution in [2.24, 2.45) is 0 Å². The van der Waals surface area contributed by atoms with E-state index < -0.39 is 17.0 Å². The Hall–Kier alpha value is -2.05. The van der Waals surface area contributed by atoms with Crippen LogP contribution in [0.5, 0.6) is 0 Å². The highest BCUT2D eigenvalue weighted by atomic mass is 32.2. The van der Waals surface area contributed by atoms with Crippen LogP contribution in [0, 0.1) is 12.7 Å². The predicted octanol–water partition coefficient (Wildman–Crippen LogP) is 2.62. The molecule has 104 valence electrons. The third kappa shape index (κ3) is 3.28. The predicted molar refractivity (Wildman–Crippen MR) is 72.7 cm³/mol. The molecule has 4 nitrogen and oxygen atoms in total. The molecule has 6 heteroatoms. The van der Waals surface area contributed by atoms with Crippen LogP contribution < -0.4 is 5.32 Å². The quantitative estimate of drug-likeness (QED) is 0.884. The molecule has 0 spiro atoms. The van der Waals surface area contributed by atoms with Crippen molar-refractivity contribution in [3.63, 3.8) is 0 Å². The first-order chi connectivity index (χ1) is 9.47. The second-order valence-electron chi connectivity index (χ2n) is 4.18. The molecule has 0 aromatic heterocycles. The monoisotopic (exact) mass is 292 g/mol. The van der Waals surface area contributed by atoms with E-state index in [2.05, 4.69) is 5.32 Å². The summed E-state index contributed by atoms with van der Waals surface area (Å²) in [5.74, 6) is -0.810. The third-order valence-corrected chi connectivity index (χ3v) is 3.34. The van der Waals surface area contributed by atoms with Crippen molar-refractivity contribution in [3.8, 4) is 0 Å². The number of rotatable bonds is 3. The Morgan fingerprint density at radius 2 is 2.00 bits per heavy atom. The van der Waals surface area contributed by atoms with Gasteiger partial charge in [-0.15, -0.1) is 0 Å². The molecule has 2 aromatic carbocycles. The normalized spacial score (nSPS) is 11.9. The van der Waals surface area contributed by atoms with Crippen LogP contribution in [-0.2, 0) is 11.1 Å². The first-order valence-corrected chi connectivity index (χ1v) is 6.81. The van der Waals surface area contributed by atoms with Crippen molar-refractivity contribution in [2.75, 3.05) is 5.32 Å². The molecule has 0 radical (unpaired) electrons. The molecular formula is C14H11FNO3S-. The molecule has 0 saturated heterocycles. The molecule has 1 amide bonds. The number of anilines is 1. The van der Waals surface area contributed by atoms with Gasteiger partial charge in [-0.05, 0) is 60.0 Å². The molecule has 1 atom stereocenters. The molecule has 1 N–H and O–H groups in total. The molecule has 0 bridgehead atoms. The zero-order chi connectivity index (χ0) is 14.7. The molecule has 2 aromatic rings. The highest BCUT2D eigenvalue weighted by molar-refractivity contribution is 7.79. The highest BCUT2D eigenvalue weighted by Crippen LogP contribution is 2.15. The van der Waals surface area contributed by atoms with Gasteiger partial charge in [-0.25, -0.2) is 4.39 Å². The number of carbonyl (C=O) groups is 1. The summed E-state index contributed by atoms with van der Waals surface area (Å²) in [5.41, 5.74) is 1.08. The summed E-state index contributed by atoms with van der Waals surface area (Å²) >= 11 is -2.39. The number of benzene rings is 2. The van der Waals surface area contributed by atoms with Crippen molar-refractivity contribution in [2.45, 2.75) is 11.8 Å². The number of hydrogen-bond donors (Lipinski definition) is 1. The molecule has 0 aliphatic rings. The number of aryl methyl sites for hydroxylation is 1. The third-order valence-electron chi connectivity index (χ3n) is 2.70. The summed E-state index contributed by atoms with van der Waals surface area (Å²) in [4.78, 5) is 12.0. The average Bonchev–Trinajstić information content (AvgIpc) is 2.43. The van der Waals surface area contributed by atoms with E-state index in [0.717, 1.165) is 0 Å². The van der Waals surface area contributed by atoms with E-state index in [1.165, 1.54) is 42.5 Å². The lowest BCUT2D eigenvalue weighted by Gasteiger charge is -2.09. The van der Waals surface area contributed by atoms with Crippen LogP contribution in [0.4, 0.5) is 10.1 Å². The molecule has 20 heavy (non-hydrogen) atoms. The van der Waals surface area contributed by atoms with Crippen molar-refractivity contribution in [1.82, 2.24) is 0 Å². The molecule has 0 aliphatic heterocycles. The molecule has 0 fully saturated rings. The summed E-state index contributed by atoms with van der Waals surface area (Å²) in [5, 5.41) is 2.59. The van der Waals surface area contributed by atoms with Gasteiger partial charge in [0, 0.05) is 16.1 Å². The van der Waals surface area contributed by atoms with Crippen LogP contribution in [0.15, 0.2) is 47.4 Å². The van der Waals surface area contributed by atoms with Crippen LogP contribution in [-0.4, -0.2) is 14.7 Å². The summed E-state index contributed by atoms with van der Waals surface area (Å²) < 4.78 is 34.8. The second kappa shape index (κ2) is 5.94. The molecule has 2 rings (SSSR count). The lowest BCUT2D eigenvalue weighted by Crippen LogP contribution is -2.12. The van der Waals surface area contributed by atoms with Crippen molar-refractivity contribution in [3.05, 3.63) is 59.4 Å². The number of halogens is 1. The van der Waals surface area contributed by atoms with Gasteiger partial charge < -0.3 is 9.87 Å². The summed E-state index contributed by atoms with van der Waals surface area (Å²) in [7, 11) is 0. The van der Waals surface area contributed by atoms with Gasteiger partial charge in [-0.3, -0.25) is 9.00 Å². The van der Waals surface area contributed by atoms with Crippen molar-refractivity contribution >= 4 is 22.7 Å². The SMILES string of the molecule is Cc1cc(NC(=O)c2cccc(S(=O)[O-])c2)ccc1F. The van der Waals surface area contributed by atoms with E-state index in [4.69, 9.17) is 0 Å². The van der Waals surface area contributed by atoms with Gasteiger partial charge in [0.1, 0.15) is 5.82 Å². The summed E-state index contributed by atoms with van der Waals surface area (Å²) in [6.45, 7) is 1.59. The van der Waals surface area contributed by atoms with Crippen molar-refractivity contribution in [1.29, 1.82) is 0 Å². The van der Waals surface area contributed by atoms with Gasteiger partial charge in [0.25, 0.3) is 5.91 Å². The number of hydrogen-bond acceptors (Lipinski definition) is 3. The Bertz CT molecular complexity index is 688. The smallest absolute Gasteiger partial charge is 0.255 e. The molecular weight excluding hydrogens is 281 g/mol. The van der Waals surface area contributed by atoms with Crippen molar-refractivity contribution < 1.29 is 17.9 Å². The maximum atomic E-state index is 13.1. The zero-order valence-corrected chi connectivity index (χ0v) is 11.4. The van der Waals surface area contributed by atoms with Gasteiger partial charge in [0.15, 0.2) is 0 Å². The first-order valence-electron chi connectivity index (χ1n) is 5.74. The maximum Gasteiger partial charge on any atom is 0.255 e. The van der Waals surface area contributed by atoms with Crippen LogP contribution in [0.25, 0.3) is 0 Å². The summed E-state index contributed by atoms with van der Waals surface area (Å²) in [6, 6.07) is 9.85. The van der Waals surface area contributed by atoms with Gasteiger partial charge in [-0.1, -0.05) is 6.07 Å². The van der Waals surface area contributed by atoms with Gasteiger partial charge in [0.2, 0.25) is 0 Å². The molecule has 1 unspecified atom stereocenters. The Kier molecular flexibility index (Phi) is 4.26. The second-order valence-corrected chi connectivity index (χ2v) is 5.12. The van der Waals surface area contributed by atoms with E-state index in [-0.39, 0.29) is 16.3 Å². The van der Waals surface area contributed by atoms with E-state index in [0.29, 0.717) is 11.3 Å². The van der Waals surface area contributed by atoms with E-state index in [1.54, 1.807) is 6.92 Å². The topological polar surface area (TPSA) is 69.2 Å². The number of amides is 1. The molecule has 0 heterocycles. The molecule has 0 aliphatic carbocycles. The lowest BCUT2D eigenvalue weighted by atomic mass is 10.2. The zero-order valence-electron chi connectivity index (χ0n) is 10.6. The molecule has 0 saturated carbocycles. The van der Waals surface area contributed by atoms with E-state index >= 15 is 0 Å². The Balaban J connectivity index is 2.21. The first kappa shape index (κ1) is 14.4. The van der Waals surface area contributed by atoms with Crippen LogP contribution in [0.1, 0.15) is 15.9 Å². The van der Waals surface area contributed by atoms with Gasteiger partial charge in [-0.2, -0.15) is 0 Å². The van der Waals surface area contributed by atoms with Gasteiger partial charge in [0.05, 0.1) is 0 Å². The maximum absolute atomic E-state index is 13.1. The van der Waals surface area contributed by atoms with Crippen LogP contribution >= 0.6 is 0 Å². The number of carbonyl (C=O) groups excluding carboxylic acids is 1. The van der Waals surface area contributed by atoms with E-state index in [1.807, 2.05) is 0 Å². The summed E-state index contributed by atoms with van der Waals surface area (Å²) in [6.07, 6.45) is 0.